The summed E-state index contributed by atoms with van der Waals surface area (Å²) >= 11 is 6.04. The molecule has 0 aliphatic carbocycles. The second-order valence-electron chi connectivity index (χ2n) is 6.73. The molecule has 0 radical (unpaired) electrons. The fraction of sp³-hybridized carbons (Fsp3) is 0.174. The number of benzene rings is 2. The van der Waals surface area contributed by atoms with Gasteiger partial charge in [-0.3, -0.25) is 4.79 Å². The molecule has 1 atom stereocenters. The molecular formula is C23H17ClN2O3. The highest BCUT2D eigenvalue weighted by atomic mass is 35.5. The van der Waals surface area contributed by atoms with Crippen LogP contribution in [0.15, 0.2) is 54.7 Å². The average Bonchev–Trinajstić information content (AvgIpc) is 2.75. The minimum absolute atomic E-state index is 0.0754. The van der Waals surface area contributed by atoms with E-state index in [0.29, 0.717) is 40.8 Å². The van der Waals surface area contributed by atoms with Crippen LogP contribution in [-0.2, 0) is 0 Å². The van der Waals surface area contributed by atoms with Gasteiger partial charge in [-0.15, -0.1) is 0 Å². The van der Waals surface area contributed by atoms with Crippen LogP contribution in [0.1, 0.15) is 45.3 Å². The van der Waals surface area contributed by atoms with Crippen molar-refractivity contribution in [2.24, 2.45) is 0 Å². The summed E-state index contributed by atoms with van der Waals surface area (Å²) in [6.45, 7) is 2.25. The van der Waals surface area contributed by atoms with Crippen molar-refractivity contribution in [3.8, 4) is 17.6 Å². The molecule has 1 aromatic heterocycles. The fourth-order valence-corrected chi connectivity index (χ4v) is 3.43. The quantitative estimate of drug-likeness (QED) is 0.608. The van der Waals surface area contributed by atoms with E-state index in [1.165, 1.54) is 0 Å². The third-order valence-electron chi connectivity index (χ3n) is 4.85. The average molecular weight is 405 g/mol. The van der Waals surface area contributed by atoms with Crippen LogP contribution in [0.25, 0.3) is 0 Å². The van der Waals surface area contributed by atoms with Gasteiger partial charge in [-0.2, -0.15) is 5.26 Å². The fourth-order valence-electron chi connectivity index (χ4n) is 3.31. The molecular weight excluding hydrogens is 388 g/mol. The predicted octanol–water partition coefficient (Wildman–Crippen LogP) is 5.05. The van der Waals surface area contributed by atoms with E-state index < -0.39 is 6.10 Å². The van der Waals surface area contributed by atoms with Crippen molar-refractivity contribution in [2.45, 2.75) is 19.4 Å². The summed E-state index contributed by atoms with van der Waals surface area (Å²) in [5.74, 6) is 1.26. The van der Waals surface area contributed by atoms with Gasteiger partial charge in [-0.05, 0) is 42.8 Å². The number of fused-ring (bicyclic) bond motifs is 1. The topological polar surface area (TPSA) is 72.2 Å². The highest BCUT2D eigenvalue weighted by molar-refractivity contribution is 6.30. The van der Waals surface area contributed by atoms with E-state index in [-0.39, 0.29) is 5.78 Å². The van der Waals surface area contributed by atoms with Gasteiger partial charge in [0.05, 0.1) is 12.2 Å². The number of ether oxygens (including phenoxy) is 2. The summed E-state index contributed by atoms with van der Waals surface area (Å²) in [7, 11) is 0. The number of rotatable bonds is 4. The standard InChI is InChI=1S/C23H17ClN2O3/c1-14-21(9-8-19-20(27)10-11-28-22(14)19)29-23(15-2-5-17(24)6-3-15)16-4-7-18(12-25)26-13-16/h2-9,13,23H,10-11H2,1H3. The van der Waals surface area contributed by atoms with E-state index in [9.17, 15) is 4.79 Å². The van der Waals surface area contributed by atoms with Crippen LogP contribution < -0.4 is 9.47 Å². The van der Waals surface area contributed by atoms with Crippen LogP contribution in [0, 0.1) is 18.3 Å². The van der Waals surface area contributed by atoms with Crippen LogP contribution in [0.3, 0.4) is 0 Å². The van der Waals surface area contributed by atoms with Gasteiger partial charge in [-0.25, -0.2) is 4.98 Å². The Hall–Kier alpha value is -3.36. The van der Waals surface area contributed by atoms with Crippen molar-refractivity contribution in [1.82, 2.24) is 4.98 Å². The van der Waals surface area contributed by atoms with Gasteiger partial charge >= 0.3 is 0 Å². The molecule has 0 saturated carbocycles. The van der Waals surface area contributed by atoms with Gasteiger partial charge in [0.25, 0.3) is 0 Å². The van der Waals surface area contributed by atoms with Crippen molar-refractivity contribution in [3.05, 3.63) is 87.7 Å². The van der Waals surface area contributed by atoms with Crippen molar-refractivity contribution >= 4 is 17.4 Å². The predicted molar refractivity (Wildman–Crippen MR) is 108 cm³/mol. The zero-order valence-electron chi connectivity index (χ0n) is 15.7. The lowest BCUT2D eigenvalue weighted by Gasteiger charge is -2.24. The molecule has 1 aliphatic rings. The largest absolute Gasteiger partial charge is 0.492 e. The Morgan fingerprint density at radius 3 is 2.59 bits per heavy atom. The van der Waals surface area contributed by atoms with Crippen LogP contribution in [0.4, 0.5) is 0 Å². The Balaban J connectivity index is 1.75. The summed E-state index contributed by atoms with van der Waals surface area (Å²) in [6, 6.07) is 16.4. The Morgan fingerprint density at radius 1 is 1.14 bits per heavy atom. The van der Waals surface area contributed by atoms with Gasteiger partial charge in [0.2, 0.25) is 0 Å². The number of carbonyl (C=O) groups is 1. The highest BCUT2D eigenvalue weighted by Crippen LogP contribution is 2.38. The maximum absolute atomic E-state index is 12.1. The van der Waals surface area contributed by atoms with E-state index in [0.717, 1.165) is 16.7 Å². The number of nitrogens with zero attached hydrogens (tertiary/aromatic N) is 2. The first-order valence-corrected chi connectivity index (χ1v) is 9.52. The number of hydrogen-bond acceptors (Lipinski definition) is 5. The van der Waals surface area contributed by atoms with Gasteiger partial charge in [0.1, 0.15) is 23.3 Å². The number of hydrogen-bond donors (Lipinski definition) is 0. The van der Waals surface area contributed by atoms with Crippen molar-refractivity contribution in [3.63, 3.8) is 0 Å². The summed E-state index contributed by atoms with van der Waals surface area (Å²) in [5, 5.41) is 9.65. The summed E-state index contributed by atoms with van der Waals surface area (Å²) in [6.07, 6.45) is 1.55. The van der Waals surface area contributed by atoms with E-state index in [2.05, 4.69) is 4.98 Å². The molecule has 0 fully saturated rings. The Morgan fingerprint density at radius 2 is 1.90 bits per heavy atom. The molecule has 1 unspecified atom stereocenters. The van der Waals surface area contributed by atoms with Gasteiger partial charge in [-0.1, -0.05) is 29.8 Å². The first-order chi connectivity index (χ1) is 14.1. The van der Waals surface area contributed by atoms with E-state index in [4.69, 9.17) is 26.3 Å². The first-order valence-electron chi connectivity index (χ1n) is 9.14. The van der Waals surface area contributed by atoms with E-state index >= 15 is 0 Å². The van der Waals surface area contributed by atoms with Crippen LogP contribution in [0.5, 0.6) is 11.5 Å². The number of carbonyl (C=O) groups excluding carboxylic acids is 1. The SMILES string of the molecule is Cc1c(OC(c2ccc(Cl)cc2)c2ccc(C#N)nc2)ccc2c1OCCC2=O. The zero-order valence-corrected chi connectivity index (χ0v) is 16.4. The number of ketones is 1. The Labute approximate surface area is 173 Å². The molecule has 2 aromatic carbocycles. The molecule has 4 rings (SSSR count). The number of nitriles is 1. The zero-order chi connectivity index (χ0) is 20.4. The van der Waals surface area contributed by atoms with Crippen molar-refractivity contribution in [2.75, 3.05) is 6.61 Å². The Bertz CT molecular complexity index is 1100. The van der Waals surface area contributed by atoms with Gasteiger partial charge in [0.15, 0.2) is 11.9 Å². The minimum atomic E-state index is -0.469. The van der Waals surface area contributed by atoms with Gasteiger partial charge in [0, 0.05) is 28.8 Å². The molecule has 2 heterocycles. The molecule has 0 saturated heterocycles. The van der Waals surface area contributed by atoms with Crippen molar-refractivity contribution in [1.29, 1.82) is 5.26 Å². The van der Waals surface area contributed by atoms with E-state index in [1.54, 1.807) is 36.5 Å². The second kappa shape index (κ2) is 7.94. The number of aromatic nitrogens is 1. The Kier molecular flexibility index (Phi) is 5.20. The number of Topliss-reactive ketones (excluding diaryl/α,β-unsaturated/α-hetero) is 1. The lowest BCUT2D eigenvalue weighted by atomic mass is 10.00. The normalized spacial score (nSPS) is 13.8. The lowest BCUT2D eigenvalue weighted by molar-refractivity contribution is 0.0932. The molecule has 6 heteroatoms. The van der Waals surface area contributed by atoms with E-state index in [1.807, 2.05) is 31.2 Å². The maximum Gasteiger partial charge on any atom is 0.170 e. The molecule has 3 aromatic rings. The highest BCUT2D eigenvalue weighted by Gasteiger charge is 2.24. The molecule has 5 nitrogen and oxygen atoms in total. The minimum Gasteiger partial charge on any atom is -0.492 e. The monoisotopic (exact) mass is 404 g/mol. The third kappa shape index (κ3) is 3.80. The lowest BCUT2D eigenvalue weighted by Crippen LogP contribution is -2.17. The number of pyridine rings is 1. The molecule has 0 amide bonds. The van der Waals surface area contributed by atoms with Crippen LogP contribution >= 0.6 is 11.6 Å². The van der Waals surface area contributed by atoms with Crippen LogP contribution in [0.2, 0.25) is 5.02 Å². The maximum atomic E-state index is 12.1. The number of halogens is 1. The molecule has 144 valence electrons. The first kappa shape index (κ1) is 19.0. The molecule has 0 spiro atoms. The molecule has 0 N–H and O–H groups in total. The smallest absolute Gasteiger partial charge is 0.170 e. The van der Waals surface area contributed by atoms with Gasteiger partial charge < -0.3 is 9.47 Å². The summed E-state index contributed by atoms with van der Waals surface area (Å²) in [5.41, 5.74) is 3.37. The molecule has 0 bridgehead atoms. The third-order valence-corrected chi connectivity index (χ3v) is 5.11. The molecule has 29 heavy (non-hydrogen) atoms. The second-order valence-corrected chi connectivity index (χ2v) is 7.16. The van der Waals surface area contributed by atoms with Crippen LogP contribution in [-0.4, -0.2) is 17.4 Å². The van der Waals surface area contributed by atoms with Crippen molar-refractivity contribution < 1.29 is 14.3 Å². The summed E-state index contributed by atoms with van der Waals surface area (Å²) < 4.78 is 12.1. The summed E-state index contributed by atoms with van der Waals surface area (Å²) in [4.78, 5) is 16.3. The molecule has 1 aliphatic heterocycles.